The van der Waals surface area contributed by atoms with Crippen LogP contribution in [0.1, 0.15) is 71.3 Å². The van der Waals surface area contributed by atoms with Crippen LogP contribution in [0.15, 0.2) is 30.3 Å². The normalized spacial score (nSPS) is 14.5. The van der Waals surface area contributed by atoms with E-state index in [9.17, 15) is 24.3 Å². The van der Waals surface area contributed by atoms with Gasteiger partial charge >= 0.3 is 5.97 Å². The molecule has 0 radical (unpaired) electrons. The van der Waals surface area contributed by atoms with Crippen LogP contribution in [0.25, 0.3) is 0 Å². The van der Waals surface area contributed by atoms with Crippen LogP contribution in [0, 0.1) is 5.92 Å². The average molecular weight is 520 g/mol. The van der Waals surface area contributed by atoms with Gasteiger partial charge in [-0.3, -0.25) is 19.3 Å². The molecule has 0 spiro atoms. The predicted octanol–water partition coefficient (Wildman–Crippen LogP) is 1.54. The number of carbonyl (C=O) groups is 4. The minimum atomic E-state index is -1.44. The molecule has 0 bridgehead atoms. The summed E-state index contributed by atoms with van der Waals surface area (Å²) in [4.78, 5) is 53.2. The molecule has 0 aliphatic carbocycles. The van der Waals surface area contributed by atoms with Crippen LogP contribution in [0.4, 0.5) is 0 Å². The molecule has 37 heavy (non-hydrogen) atoms. The maximum atomic E-state index is 13.8. The molecule has 0 heterocycles. The van der Waals surface area contributed by atoms with E-state index in [0.717, 1.165) is 23.3 Å². The molecule has 0 saturated heterocycles. The summed E-state index contributed by atoms with van der Waals surface area (Å²) >= 11 is 0. The van der Waals surface area contributed by atoms with Gasteiger partial charge in [0.25, 0.3) is 5.91 Å². The van der Waals surface area contributed by atoms with E-state index < -0.39 is 47.9 Å². The first-order valence-corrected chi connectivity index (χ1v) is 13.2. The molecule has 1 aromatic rings. The zero-order valence-electron chi connectivity index (χ0n) is 22.4. The number of benzene rings is 1. The van der Waals surface area contributed by atoms with Crippen molar-refractivity contribution in [2.75, 3.05) is 6.54 Å². The van der Waals surface area contributed by atoms with Gasteiger partial charge in [0.05, 0.1) is 12.1 Å². The van der Waals surface area contributed by atoms with Crippen molar-refractivity contribution in [1.82, 2.24) is 10.2 Å². The number of unbranched alkanes of at least 4 members (excludes halogenated alkanes) is 2. The van der Waals surface area contributed by atoms with E-state index in [1.165, 1.54) is 0 Å². The van der Waals surface area contributed by atoms with Crippen LogP contribution in [0.2, 0.25) is 0 Å². The molecule has 0 aromatic heterocycles. The van der Waals surface area contributed by atoms with E-state index in [4.69, 9.17) is 17.2 Å². The van der Waals surface area contributed by atoms with Crippen molar-refractivity contribution in [2.24, 2.45) is 23.1 Å². The number of aliphatic carboxylic acids is 1. The quantitative estimate of drug-likeness (QED) is 0.192. The van der Waals surface area contributed by atoms with Crippen LogP contribution >= 0.6 is 0 Å². The first kappa shape index (κ1) is 32.2. The molecule has 208 valence electrons. The van der Waals surface area contributed by atoms with Crippen LogP contribution in [0.5, 0.6) is 0 Å². The molecule has 1 aromatic carbocycles. The van der Waals surface area contributed by atoms with Crippen molar-refractivity contribution in [3.63, 3.8) is 0 Å². The Labute approximate surface area is 220 Å². The van der Waals surface area contributed by atoms with Gasteiger partial charge < -0.3 is 27.6 Å². The molecular weight excluding hydrogens is 474 g/mol. The Bertz CT molecular complexity index is 864. The third-order valence-corrected chi connectivity index (χ3v) is 6.15. The molecule has 0 aliphatic heterocycles. The second-order valence-corrected chi connectivity index (χ2v) is 9.92. The maximum absolute atomic E-state index is 13.8. The number of imide groups is 1. The van der Waals surface area contributed by atoms with E-state index >= 15 is 0 Å². The van der Waals surface area contributed by atoms with Gasteiger partial charge in [-0.15, -0.1) is 0 Å². The zero-order valence-corrected chi connectivity index (χ0v) is 22.4. The van der Waals surface area contributed by atoms with Gasteiger partial charge in [0.1, 0.15) is 12.1 Å². The Kier molecular flexibility index (Phi) is 14.7. The van der Waals surface area contributed by atoms with E-state index in [0.29, 0.717) is 25.8 Å². The van der Waals surface area contributed by atoms with Crippen molar-refractivity contribution < 1.29 is 24.3 Å². The summed E-state index contributed by atoms with van der Waals surface area (Å²) < 4.78 is 0. The molecular formula is C27H45N5O5. The van der Waals surface area contributed by atoms with Crippen LogP contribution in [-0.4, -0.2) is 64.4 Å². The fourth-order valence-electron chi connectivity index (χ4n) is 4.09. The Morgan fingerprint density at radius 1 is 0.946 bits per heavy atom. The lowest BCUT2D eigenvalue weighted by Gasteiger charge is -2.33. The number of amides is 3. The third-order valence-electron chi connectivity index (χ3n) is 6.15. The van der Waals surface area contributed by atoms with Crippen LogP contribution in [-0.2, 0) is 25.6 Å². The molecule has 0 aliphatic rings. The molecule has 1 rings (SSSR count). The van der Waals surface area contributed by atoms with E-state index in [1.54, 1.807) is 24.3 Å². The highest BCUT2D eigenvalue weighted by Gasteiger charge is 2.40. The van der Waals surface area contributed by atoms with Gasteiger partial charge in [0.15, 0.2) is 0 Å². The average Bonchev–Trinajstić information content (AvgIpc) is 2.85. The Balaban J connectivity index is 3.33. The monoisotopic (exact) mass is 519 g/mol. The lowest BCUT2D eigenvalue weighted by molar-refractivity contribution is -0.160. The van der Waals surface area contributed by atoms with Crippen molar-refractivity contribution in [3.05, 3.63) is 35.9 Å². The van der Waals surface area contributed by atoms with Crippen molar-refractivity contribution in [1.29, 1.82) is 0 Å². The Morgan fingerprint density at radius 3 is 2.14 bits per heavy atom. The number of carbonyl (C=O) groups excluding carboxylic acids is 3. The molecule has 3 amide bonds. The van der Waals surface area contributed by atoms with Gasteiger partial charge in [-0.25, -0.2) is 4.79 Å². The first-order chi connectivity index (χ1) is 17.5. The number of nitrogens with one attached hydrogen (secondary N) is 1. The highest BCUT2D eigenvalue weighted by Crippen LogP contribution is 2.18. The van der Waals surface area contributed by atoms with Crippen molar-refractivity contribution >= 4 is 23.7 Å². The molecule has 4 unspecified atom stereocenters. The summed E-state index contributed by atoms with van der Waals surface area (Å²) in [6, 6.07) is 4.52. The summed E-state index contributed by atoms with van der Waals surface area (Å²) in [6.45, 7) is 6.07. The highest BCUT2D eigenvalue weighted by atomic mass is 16.4. The number of carboxylic acid groups (broad SMARTS) is 1. The lowest BCUT2D eigenvalue weighted by Crippen LogP contribution is -2.61. The smallest absolute Gasteiger partial charge is 0.326 e. The number of hydrogen-bond donors (Lipinski definition) is 5. The van der Waals surface area contributed by atoms with Crippen molar-refractivity contribution in [2.45, 2.75) is 96.3 Å². The third kappa shape index (κ3) is 11.0. The summed E-state index contributed by atoms with van der Waals surface area (Å²) in [6.07, 6.45) is 3.36. The van der Waals surface area contributed by atoms with Crippen LogP contribution in [0.3, 0.4) is 0 Å². The highest BCUT2D eigenvalue weighted by molar-refractivity contribution is 6.04. The van der Waals surface area contributed by atoms with Gasteiger partial charge in [-0.2, -0.15) is 0 Å². The largest absolute Gasteiger partial charge is 0.480 e. The number of hydrogen-bond acceptors (Lipinski definition) is 7. The fourth-order valence-corrected chi connectivity index (χ4v) is 4.09. The summed E-state index contributed by atoms with van der Waals surface area (Å²) in [7, 11) is 0. The SMILES string of the molecule is CCCCC(N)C(=O)NC(CC(C)C)C(=O)N(C(=O)C(N)Cc1ccccc1)C(CCCCN)C(=O)O. The molecule has 4 atom stereocenters. The maximum Gasteiger partial charge on any atom is 0.326 e. The topological polar surface area (TPSA) is 182 Å². The molecule has 10 nitrogen and oxygen atoms in total. The van der Waals surface area contributed by atoms with Gasteiger partial charge in [0, 0.05) is 0 Å². The van der Waals surface area contributed by atoms with E-state index in [-0.39, 0.29) is 25.2 Å². The second-order valence-electron chi connectivity index (χ2n) is 9.92. The Morgan fingerprint density at radius 2 is 1.59 bits per heavy atom. The molecule has 8 N–H and O–H groups in total. The zero-order chi connectivity index (χ0) is 28.0. The van der Waals surface area contributed by atoms with Crippen molar-refractivity contribution in [3.8, 4) is 0 Å². The number of rotatable bonds is 17. The fraction of sp³-hybridized carbons (Fsp3) is 0.630. The summed E-state index contributed by atoms with van der Waals surface area (Å²) in [5.74, 6) is -3.45. The molecule has 10 heteroatoms. The summed E-state index contributed by atoms with van der Waals surface area (Å²) in [5, 5.41) is 12.7. The minimum absolute atomic E-state index is 0.0282. The first-order valence-electron chi connectivity index (χ1n) is 13.2. The Hall–Kier alpha value is -2.82. The summed E-state index contributed by atoms with van der Waals surface area (Å²) in [5.41, 5.74) is 18.6. The van der Waals surface area contributed by atoms with Gasteiger partial charge in [-0.1, -0.05) is 63.9 Å². The van der Waals surface area contributed by atoms with Crippen LogP contribution < -0.4 is 22.5 Å². The lowest BCUT2D eigenvalue weighted by atomic mass is 9.98. The second kappa shape index (κ2) is 16.8. The number of carboxylic acids is 1. The molecule has 0 saturated carbocycles. The number of nitrogens with two attached hydrogens (primary N) is 3. The van der Waals surface area contributed by atoms with Gasteiger partial charge in [0.2, 0.25) is 11.8 Å². The van der Waals surface area contributed by atoms with Gasteiger partial charge in [-0.05, 0) is 56.6 Å². The number of nitrogens with zero attached hydrogens (tertiary/aromatic N) is 1. The van der Waals surface area contributed by atoms with E-state index in [1.807, 2.05) is 26.8 Å². The minimum Gasteiger partial charge on any atom is -0.480 e. The van der Waals surface area contributed by atoms with E-state index in [2.05, 4.69) is 5.32 Å². The predicted molar refractivity (Wildman–Crippen MR) is 143 cm³/mol. The molecule has 0 fully saturated rings. The standard InChI is InChI=1S/C27H45N5O5/c1-4-5-13-20(29)24(33)31-22(16-18(2)3)26(35)32(23(27(36)37)14-9-10-15-28)25(34)21(30)17-19-11-7-6-8-12-19/h6-8,11-12,18,20-23H,4-5,9-10,13-17,28-30H2,1-3H3,(H,31,33)(H,36,37).